The molecule has 368 valence electrons. The Kier molecular flexibility index (Phi) is 15.6. The summed E-state index contributed by atoms with van der Waals surface area (Å²) in [7, 11) is 0. The Bertz CT molecular complexity index is 2570. The number of ether oxygens (including phenoxy) is 2. The molecule has 1 aliphatic carbocycles. The summed E-state index contributed by atoms with van der Waals surface area (Å²) in [5, 5.41) is 26.2. The number of nitrogens with zero attached hydrogens (tertiary/aromatic N) is 4. The topological polar surface area (TPSA) is 174 Å². The molecule has 3 heterocycles. The summed E-state index contributed by atoms with van der Waals surface area (Å²) in [6.07, 6.45) is 3.57. The van der Waals surface area contributed by atoms with E-state index in [1.165, 1.54) is 10.5 Å². The van der Waals surface area contributed by atoms with Gasteiger partial charge >= 0.3 is 0 Å². The molecule has 3 N–H and O–H groups in total. The standard InChI is InChI=1S/C54H67ClN6O7S/c1-32(35-16-18-36(19-17-35)45-33(2)57-31-69-45)58-47(64)43-25-39(62)29-60(43)49(66)46(52(3,4)5)59-44(63)30-67-23-13-11-10-12-14-34-15-22-41-38(24-34)28-61(48(41)65)50-53(6,7)51(54(50,8)9)68-40-21-20-37(27-56)42(55)26-40/h15-22,24,26,31-32,39,43,46,50-51,62H,10-14,23,25,28-30H2,1-9H3,(H,58,64)(H,59,63)/t32-,39+,43-,46+,50-,51-/m0/s1. The fourth-order valence-corrected chi connectivity index (χ4v) is 12.1. The first-order valence-electron chi connectivity index (χ1n) is 24.1. The molecule has 4 amide bonds. The van der Waals surface area contributed by atoms with Crippen LogP contribution in [0.4, 0.5) is 0 Å². The fraction of sp³-hybridized carbons (Fsp3) is 0.519. The molecule has 0 spiro atoms. The number of aromatic nitrogens is 1. The van der Waals surface area contributed by atoms with Crippen LogP contribution in [0.3, 0.4) is 0 Å². The predicted molar refractivity (Wildman–Crippen MR) is 268 cm³/mol. The number of aliphatic hydroxyl groups excluding tert-OH is 1. The van der Waals surface area contributed by atoms with Crippen LogP contribution in [-0.4, -0.2) is 93.6 Å². The summed E-state index contributed by atoms with van der Waals surface area (Å²) in [6, 6.07) is 19.1. The van der Waals surface area contributed by atoms with Gasteiger partial charge in [-0.25, -0.2) is 4.98 Å². The molecule has 4 atom stereocenters. The number of β-amino-alcohol motifs (C(OH)–C–C–N with tert-alkyl or cyclic N) is 1. The van der Waals surface area contributed by atoms with Gasteiger partial charge in [-0.2, -0.15) is 5.26 Å². The van der Waals surface area contributed by atoms with Crippen molar-refractivity contribution in [3.8, 4) is 22.3 Å². The van der Waals surface area contributed by atoms with E-state index in [1.54, 1.807) is 29.5 Å². The number of hydrogen-bond donors (Lipinski definition) is 3. The predicted octanol–water partition coefficient (Wildman–Crippen LogP) is 8.97. The SMILES string of the molecule is Cc1ncsc1-c1ccc([C@H](C)NC(=O)[C@@H]2C[C@@H](O)CN2C(=O)[C@@H](NC(=O)COCCCCCCc2ccc3c(c2)CN([C@H]2C(C)(C)[C@H](Oc4ccc(C#N)c(Cl)c4)C2(C)C)C3=O)C(C)(C)C)cc1. The zero-order valence-electron chi connectivity index (χ0n) is 41.4. The summed E-state index contributed by atoms with van der Waals surface area (Å²) in [5.41, 5.74) is 6.76. The molecule has 3 aliphatic rings. The maximum Gasteiger partial charge on any atom is 0.254 e. The van der Waals surface area contributed by atoms with E-state index in [4.69, 9.17) is 21.1 Å². The first kappa shape index (κ1) is 51.5. The molecular formula is C54H67ClN6O7S. The normalized spacial score (nSPS) is 21.2. The first-order chi connectivity index (χ1) is 32.6. The number of nitrogens with one attached hydrogen (secondary N) is 2. The van der Waals surface area contributed by atoms with Crippen molar-refractivity contribution in [3.63, 3.8) is 0 Å². The summed E-state index contributed by atoms with van der Waals surface area (Å²) in [4.78, 5) is 63.6. The Morgan fingerprint density at radius 1 is 1.00 bits per heavy atom. The lowest BCUT2D eigenvalue weighted by atomic mass is 9.49. The van der Waals surface area contributed by atoms with Gasteiger partial charge in [-0.1, -0.05) is 109 Å². The highest BCUT2D eigenvalue weighted by Gasteiger charge is 2.67. The van der Waals surface area contributed by atoms with E-state index in [0.29, 0.717) is 29.5 Å². The Morgan fingerprint density at radius 2 is 1.71 bits per heavy atom. The van der Waals surface area contributed by atoms with Gasteiger partial charge in [0.05, 0.1) is 38.8 Å². The van der Waals surface area contributed by atoms with Crippen LogP contribution < -0.4 is 15.4 Å². The largest absolute Gasteiger partial charge is 0.489 e. The molecule has 15 heteroatoms. The second kappa shape index (κ2) is 20.9. The van der Waals surface area contributed by atoms with Gasteiger partial charge in [-0.15, -0.1) is 11.3 Å². The Hall–Kier alpha value is -5.33. The lowest BCUT2D eigenvalue weighted by Gasteiger charge is -2.65. The highest BCUT2D eigenvalue weighted by molar-refractivity contribution is 7.13. The van der Waals surface area contributed by atoms with Gasteiger partial charge in [-0.3, -0.25) is 19.2 Å². The van der Waals surface area contributed by atoms with E-state index in [-0.39, 0.29) is 60.4 Å². The minimum atomic E-state index is -0.944. The number of amides is 4. The Labute approximate surface area is 415 Å². The van der Waals surface area contributed by atoms with Crippen molar-refractivity contribution in [2.45, 2.75) is 144 Å². The number of carbonyl (C=O) groups excluding carboxylic acids is 4. The van der Waals surface area contributed by atoms with Crippen molar-refractivity contribution >= 4 is 46.6 Å². The van der Waals surface area contributed by atoms with Crippen LogP contribution in [0.5, 0.6) is 5.75 Å². The van der Waals surface area contributed by atoms with Gasteiger partial charge in [0.2, 0.25) is 17.7 Å². The highest BCUT2D eigenvalue weighted by Crippen LogP contribution is 2.59. The number of thiazole rings is 1. The second-order valence-corrected chi connectivity index (χ2v) is 22.6. The zero-order valence-corrected chi connectivity index (χ0v) is 42.9. The molecule has 13 nitrogen and oxygen atoms in total. The van der Waals surface area contributed by atoms with Gasteiger partial charge < -0.3 is 35.0 Å². The number of unbranched alkanes of at least 4 members (excludes halogenated alkanes) is 3. The number of carbonyl (C=O) groups is 4. The lowest BCUT2D eigenvalue weighted by Crippen LogP contribution is -2.74. The Morgan fingerprint density at radius 3 is 2.36 bits per heavy atom. The zero-order chi connectivity index (χ0) is 50.0. The lowest BCUT2D eigenvalue weighted by molar-refractivity contribution is -0.199. The third-order valence-electron chi connectivity index (χ3n) is 14.2. The van der Waals surface area contributed by atoms with E-state index in [0.717, 1.165) is 64.9 Å². The number of likely N-dealkylation sites (tertiary alicyclic amines) is 1. The first-order valence-corrected chi connectivity index (χ1v) is 25.3. The molecule has 2 fully saturated rings. The molecule has 3 aromatic carbocycles. The van der Waals surface area contributed by atoms with Crippen molar-refractivity contribution in [1.82, 2.24) is 25.4 Å². The summed E-state index contributed by atoms with van der Waals surface area (Å²) < 4.78 is 12.2. The quantitative estimate of drug-likeness (QED) is 0.0823. The highest BCUT2D eigenvalue weighted by atomic mass is 35.5. The number of rotatable bonds is 18. The minimum Gasteiger partial charge on any atom is -0.489 e. The number of aliphatic hydroxyl groups is 1. The van der Waals surface area contributed by atoms with Crippen molar-refractivity contribution < 1.29 is 33.8 Å². The van der Waals surface area contributed by atoms with Gasteiger partial charge in [0.1, 0.15) is 36.6 Å². The molecule has 0 unspecified atom stereocenters. The number of nitriles is 1. The molecule has 1 saturated heterocycles. The minimum absolute atomic E-state index is 0.00753. The molecule has 0 bridgehead atoms. The van der Waals surface area contributed by atoms with Gasteiger partial charge in [0, 0.05) is 54.6 Å². The number of hydrogen-bond acceptors (Lipinski definition) is 10. The molecule has 1 aromatic heterocycles. The van der Waals surface area contributed by atoms with E-state index in [9.17, 15) is 29.5 Å². The smallest absolute Gasteiger partial charge is 0.254 e. The number of aryl methyl sites for hydroxylation is 2. The third kappa shape index (κ3) is 11.2. The molecule has 69 heavy (non-hydrogen) atoms. The average Bonchev–Trinajstić information content (AvgIpc) is 4.00. The van der Waals surface area contributed by atoms with Crippen molar-refractivity contribution in [3.05, 3.63) is 105 Å². The van der Waals surface area contributed by atoms with E-state index in [2.05, 4.69) is 61.5 Å². The van der Waals surface area contributed by atoms with Crippen LogP contribution in [0, 0.1) is 34.5 Å². The van der Waals surface area contributed by atoms with Crippen LogP contribution in [0.1, 0.15) is 132 Å². The van der Waals surface area contributed by atoms with E-state index >= 15 is 0 Å². The van der Waals surface area contributed by atoms with Crippen molar-refractivity contribution in [2.24, 2.45) is 16.2 Å². The van der Waals surface area contributed by atoms with Gasteiger partial charge in [-0.05, 0) is 79.0 Å². The van der Waals surface area contributed by atoms with E-state index < -0.39 is 35.4 Å². The average molecular weight is 980 g/mol. The van der Waals surface area contributed by atoms with Crippen LogP contribution in [0.2, 0.25) is 5.02 Å². The van der Waals surface area contributed by atoms with Gasteiger partial charge in [0.25, 0.3) is 5.91 Å². The summed E-state index contributed by atoms with van der Waals surface area (Å²) >= 11 is 7.87. The molecule has 1 saturated carbocycles. The number of benzene rings is 3. The van der Waals surface area contributed by atoms with Crippen LogP contribution >= 0.6 is 22.9 Å². The van der Waals surface area contributed by atoms with E-state index in [1.807, 2.05) is 75.4 Å². The van der Waals surface area contributed by atoms with Crippen LogP contribution in [0.25, 0.3) is 10.4 Å². The summed E-state index contributed by atoms with van der Waals surface area (Å²) in [6.45, 7) is 18.7. The monoisotopic (exact) mass is 978 g/mol. The molecular weight excluding hydrogens is 912 g/mol. The number of halogens is 1. The molecule has 4 aromatic rings. The molecule has 2 aliphatic heterocycles. The second-order valence-electron chi connectivity index (χ2n) is 21.3. The van der Waals surface area contributed by atoms with Crippen molar-refractivity contribution in [2.75, 3.05) is 19.8 Å². The third-order valence-corrected chi connectivity index (χ3v) is 15.5. The maximum absolute atomic E-state index is 14.1. The molecule has 7 rings (SSSR count). The summed E-state index contributed by atoms with van der Waals surface area (Å²) in [5.74, 6) is -0.556. The van der Waals surface area contributed by atoms with Crippen molar-refractivity contribution in [1.29, 1.82) is 5.26 Å². The van der Waals surface area contributed by atoms with Gasteiger partial charge in [0.15, 0.2) is 0 Å². The van der Waals surface area contributed by atoms with Crippen LogP contribution in [-0.2, 0) is 32.1 Å². The Balaban J connectivity index is 0.826. The fourth-order valence-electron chi connectivity index (χ4n) is 11.0. The van der Waals surface area contributed by atoms with Crippen LogP contribution in [0.15, 0.2) is 66.2 Å². The number of fused-ring (bicyclic) bond motifs is 1. The maximum atomic E-state index is 14.1. The molecule has 0 radical (unpaired) electrons.